The van der Waals surface area contributed by atoms with Crippen LogP contribution in [0.1, 0.15) is 10.4 Å². The third-order valence-corrected chi connectivity index (χ3v) is 4.65. The number of hydrogen-bond donors (Lipinski definition) is 1. The minimum atomic E-state index is -0.482. The molecule has 0 saturated carbocycles. The van der Waals surface area contributed by atoms with E-state index in [1.807, 2.05) is 0 Å². The lowest BCUT2D eigenvalue weighted by Gasteiger charge is -1.99. The molecule has 0 unspecified atom stereocenters. The van der Waals surface area contributed by atoms with Gasteiger partial charge in [-0.1, -0.05) is 28.3 Å². The summed E-state index contributed by atoms with van der Waals surface area (Å²) in [6.07, 6.45) is 0. The molecule has 1 aliphatic heterocycles. The lowest BCUT2D eigenvalue weighted by Crippen LogP contribution is -2.11. The molecule has 1 N–H and O–H groups in total. The molecular weight excluding hydrogens is 377 g/mol. The highest BCUT2D eigenvalue weighted by molar-refractivity contribution is 7.20. The highest BCUT2D eigenvalue weighted by atomic mass is 35.5. The van der Waals surface area contributed by atoms with Gasteiger partial charge in [0.1, 0.15) is 4.34 Å². The smallest absolute Gasteiger partial charge is 0.322 e. The number of rotatable bonds is 3. The van der Waals surface area contributed by atoms with Crippen LogP contribution in [0.5, 0.6) is 11.5 Å². The molecule has 4 rings (SSSR count). The Balaban J connectivity index is 1.55. The molecule has 1 aliphatic rings. The average Bonchev–Trinajstić information content (AvgIpc) is 3.26. The Bertz CT molecular complexity index is 940. The van der Waals surface area contributed by atoms with Crippen molar-refractivity contribution >= 4 is 46.5 Å². The minimum Gasteiger partial charge on any atom is -0.454 e. The second kappa shape index (κ2) is 5.97. The molecule has 3 heterocycles. The van der Waals surface area contributed by atoms with Gasteiger partial charge in [0, 0.05) is 5.56 Å². The maximum Gasteiger partial charge on any atom is 0.322 e. The molecule has 1 amide bonds. The van der Waals surface area contributed by atoms with E-state index in [4.69, 9.17) is 37.1 Å². The summed E-state index contributed by atoms with van der Waals surface area (Å²) >= 11 is 12.9. The third kappa shape index (κ3) is 2.79. The van der Waals surface area contributed by atoms with Crippen LogP contribution in [0.4, 0.5) is 6.01 Å². The summed E-state index contributed by atoms with van der Waals surface area (Å²) in [5, 5.41) is 10.2. The third-order valence-electron chi connectivity index (χ3n) is 3.17. The van der Waals surface area contributed by atoms with Crippen molar-refractivity contribution in [2.75, 3.05) is 12.1 Å². The summed E-state index contributed by atoms with van der Waals surface area (Å²) in [5.41, 5.74) is 0.887. The van der Waals surface area contributed by atoms with Crippen molar-refractivity contribution in [2.24, 2.45) is 0 Å². The molecule has 0 radical (unpaired) electrons. The van der Waals surface area contributed by atoms with Crippen LogP contribution in [0.2, 0.25) is 8.67 Å². The van der Waals surface area contributed by atoms with Gasteiger partial charge in [-0.3, -0.25) is 10.1 Å². The summed E-state index contributed by atoms with van der Waals surface area (Å²) in [7, 11) is 0. The van der Waals surface area contributed by atoms with Crippen LogP contribution < -0.4 is 14.8 Å². The zero-order valence-electron chi connectivity index (χ0n) is 11.7. The number of nitrogens with one attached hydrogen (secondary N) is 1. The predicted molar refractivity (Wildman–Crippen MR) is 88.1 cm³/mol. The van der Waals surface area contributed by atoms with Crippen molar-refractivity contribution in [2.45, 2.75) is 0 Å². The topological polar surface area (TPSA) is 86.5 Å². The molecule has 0 bridgehead atoms. The number of thiophene rings is 1. The van der Waals surface area contributed by atoms with Gasteiger partial charge in [0.05, 0.1) is 9.90 Å². The quantitative estimate of drug-likeness (QED) is 0.732. The monoisotopic (exact) mass is 383 g/mol. The largest absolute Gasteiger partial charge is 0.454 e. The first-order chi connectivity index (χ1) is 11.6. The summed E-state index contributed by atoms with van der Waals surface area (Å²) in [6.45, 7) is 0.174. The van der Waals surface area contributed by atoms with Crippen molar-refractivity contribution in [1.82, 2.24) is 10.2 Å². The molecule has 0 saturated heterocycles. The van der Waals surface area contributed by atoms with E-state index in [0.717, 1.165) is 11.3 Å². The van der Waals surface area contributed by atoms with E-state index in [1.165, 1.54) is 6.07 Å². The van der Waals surface area contributed by atoms with Crippen LogP contribution in [0, 0.1) is 0 Å². The zero-order valence-corrected chi connectivity index (χ0v) is 14.0. The van der Waals surface area contributed by atoms with E-state index >= 15 is 0 Å². The van der Waals surface area contributed by atoms with Crippen LogP contribution in [-0.2, 0) is 0 Å². The molecule has 2 aromatic heterocycles. The Morgan fingerprint density at radius 3 is 2.79 bits per heavy atom. The van der Waals surface area contributed by atoms with E-state index in [0.29, 0.717) is 21.4 Å². The van der Waals surface area contributed by atoms with Crippen molar-refractivity contribution in [1.29, 1.82) is 0 Å². The maximum atomic E-state index is 12.1. The molecule has 10 heteroatoms. The number of carbonyl (C=O) groups is 1. The summed E-state index contributed by atoms with van der Waals surface area (Å²) in [5.74, 6) is 0.994. The van der Waals surface area contributed by atoms with Gasteiger partial charge in [-0.2, -0.15) is 0 Å². The number of hydrogen-bond acceptors (Lipinski definition) is 7. The molecule has 0 fully saturated rings. The number of aromatic nitrogens is 2. The molecule has 3 aromatic rings. The van der Waals surface area contributed by atoms with E-state index in [-0.39, 0.29) is 28.6 Å². The van der Waals surface area contributed by atoms with E-state index in [2.05, 4.69) is 15.5 Å². The van der Waals surface area contributed by atoms with Crippen LogP contribution >= 0.6 is 34.5 Å². The first-order valence-electron chi connectivity index (χ1n) is 6.60. The van der Waals surface area contributed by atoms with Gasteiger partial charge in [-0.05, 0) is 24.3 Å². The van der Waals surface area contributed by atoms with Gasteiger partial charge in [-0.25, -0.2) is 0 Å². The molecule has 0 atom stereocenters. The normalized spacial score (nSPS) is 12.4. The highest BCUT2D eigenvalue weighted by Crippen LogP contribution is 2.36. The lowest BCUT2D eigenvalue weighted by atomic mass is 10.2. The molecule has 24 heavy (non-hydrogen) atoms. The Hall–Kier alpha value is -2.29. The Kier molecular flexibility index (Phi) is 3.79. The van der Waals surface area contributed by atoms with Crippen molar-refractivity contribution < 1.29 is 18.7 Å². The van der Waals surface area contributed by atoms with Gasteiger partial charge in [0.25, 0.3) is 5.91 Å². The molecule has 122 valence electrons. The number of ether oxygens (including phenoxy) is 2. The molecule has 0 spiro atoms. The Morgan fingerprint density at radius 1 is 1.17 bits per heavy atom. The molecule has 0 aliphatic carbocycles. The summed E-state index contributed by atoms with van der Waals surface area (Å²) in [4.78, 5) is 12.1. The molecule has 7 nitrogen and oxygen atoms in total. The molecular formula is C14H7Cl2N3O4S. The zero-order chi connectivity index (χ0) is 16.7. The summed E-state index contributed by atoms with van der Waals surface area (Å²) < 4.78 is 16.7. The first kappa shape index (κ1) is 15.3. The minimum absolute atomic E-state index is 0.0499. The fourth-order valence-corrected chi connectivity index (χ4v) is 3.54. The predicted octanol–water partition coefficient (Wildman–Crippen LogP) is 4.09. The van der Waals surface area contributed by atoms with Gasteiger partial charge >= 0.3 is 6.01 Å². The van der Waals surface area contributed by atoms with E-state index in [1.54, 1.807) is 18.2 Å². The summed E-state index contributed by atoms with van der Waals surface area (Å²) in [6, 6.07) is 6.64. The van der Waals surface area contributed by atoms with Crippen LogP contribution in [0.3, 0.4) is 0 Å². The lowest BCUT2D eigenvalue weighted by molar-refractivity contribution is 0.102. The number of benzene rings is 1. The first-order valence-corrected chi connectivity index (χ1v) is 8.17. The van der Waals surface area contributed by atoms with Gasteiger partial charge < -0.3 is 13.9 Å². The molecule has 1 aromatic carbocycles. The van der Waals surface area contributed by atoms with Crippen LogP contribution in [0.15, 0.2) is 28.7 Å². The number of carbonyl (C=O) groups excluding carboxylic acids is 1. The Labute approximate surface area is 149 Å². The van der Waals surface area contributed by atoms with Gasteiger partial charge in [-0.15, -0.1) is 16.4 Å². The van der Waals surface area contributed by atoms with Gasteiger partial charge in [0.15, 0.2) is 11.5 Å². The van der Waals surface area contributed by atoms with E-state index in [9.17, 15) is 4.79 Å². The second-order valence-corrected chi connectivity index (χ2v) is 6.96. The fraction of sp³-hybridized carbons (Fsp3) is 0.0714. The SMILES string of the molecule is O=C(Nc1nnc(-c2ccc3c(c2)OCO3)o1)c1cc(Cl)sc1Cl. The van der Waals surface area contributed by atoms with Crippen molar-refractivity contribution in [3.63, 3.8) is 0 Å². The van der Waals surface area contributed by atoms with Crippen molar-refractivity contribution in [3.8, 4) is 23.0 Å². The van der Waals surface area contributed by atoms with Crippen molar-refractivity contribution in [3.05, 3.63) is 38.5 Å². The highest BCUT2D eigenvalue weighted by Gasteiger charge is 2.19. The number of amides is 1. The standard InChI is InChI=1S/C14H7Cl2N3O4S/c15-10-4-7(11(16)24-10)12(20)17-14-19-18-13(23-14)6-1-2-8-9(3-6)22-5-21-8/h1-4H,5H2,(H,17,19,20). The van der Waals surface area contributed by atoms with E-state index < -0.39 is 5.91 Å². The second-order valence-electron chi connectivity index (χ2n) is 4.67. The number of halogens is 2. The van der Waals surface area contributed by atoms with Crippen LogP contribution in [-0.4, -0.2) is 22.9 Å². The van der Waals surface area contributed by atoms with Crippen LogP contribution in [0.25, 0.3) is 11.5 Å². The Morgan fingerprint density at radius 2 is 2.00 bits per heavy atom. The average molecular weight is 384 g/mol. The fourth-order valence-electron chi connectivity index (χ4n) is 2.08. The number of fused-ring (bicyclic) bond motifs is 1. The number of nitrogens with zero attached hydrogens (tertiary/aromatic N) is 2. The van der Waals surface area contributed by atoms with Gasteiger partial charge in [0.2, 0.25) is 12.7 Å². The number of anilines is 1. The maximum absolute atomic E-state index is 12.1.